The molecule has 1 N–H and O–H groups in total. The van der Waals surface area contributed by atoms with Gasteiger partial charge in [0, 0.05) is 18.5 Å². The number of hydrogen-bond donors (Lipinski definition) is 1. The van der Waals surface area contributed by atoms with Gasteiger partial charge in [0.1, 0.15) is 5.75 Å². The van der Waals surface area contributed by atoms with Crippen LogP contribution in [0.4, 0.5) is 5.69 Å². The summed E-state index contributed by atoms with van der Waals surface area (Å²) in [6, 6.07) is 9.13. The summed E-state index contributed by atoms with van der Waals surface area (Å²) in [5, 5.41) is 13.0. The zero-order chi connectivity index (χ0) is 17.7. The predicted octanol–water partition coefficient (Wildman–Crippen LogP) is -0.728. The summed E-state index contributed by atoms with van der Waals surface area (Å²) in [6.07, 6.45) is -0.450. The molecule has 2 rings (SSSR count). The van der Waals surface area contributed by atoms with Crippen molar-refractivity contribution in [1.29, 1.82) is 0 Å². The number of pyridine rings is 1. The van der Waals surface area contributed by atoms with Crippen molar-refractivity contribution in [3.05, 3.63) is 47.2 Å². The Kier molecular flexibility index (Phi) is 8.09. The van der Waals surface area contributed by atoms with Crippen LogP contribution in [-0.2, 0) is 9.59 Å². The van der Waals surface area contributed by atoms with Crippen LogP contribution in [-0.4, -0.2) is 16.9 Å². The molecule has 0 unspecified atom stereocenters. The molecule has 2 aromatic rings. The van der Waals surface area contributed by atoms with Crippen LogP contribution in [0.3, 0.4) is 0 Å². The topological polar surface area (TPSA) is 91.3 Å². The summed E-state index contributed by atoms with van der Waals surface area (Å²) < 4.78 is 5.80. The number of rotatable bonds is 6. The van der Waals surface area contributed by atoms with Gasteiger partial charge in [0.2, 0.25) is 11.8 Å². The molecular formula is C18H19N2NaO4. The van der Waals surface area contributed by atoms with E-state index in [1.165, 1.54) is 0 Å². The summed E-state index contributed by atoms with van der Waals surface area (Å²) in [5.74, 6) is -0.494. The molecule has 0 spiro atoms. The van der Waals surface area contributed by atoms with Crippen molar-refractivity contribution in [2.24, 2.45) is 0 Å². The van der Waals surface area contributed by atoms with Crippen LogP contribution in [0.5, 0.6) is 11.6 Å². The Labute approximate surface area is 168 Å². The van der Waals surface area contributed by atoms with Crippen molar-refractivity contribution in [2.75, 3.05) is 5.32 Å². The van der Waals surface area contributed by atoms with Crippen molar-refractivity contribution in [3.63, 3.8) is 0 Å². The molecule has 126 valence electrons. The monoisotopic (exact) mass is 350 g/mol. The van der Waals surface area contributed by atoms with Gasteiger partial charge in [-0.25, -0.2) is 4.98 Å². The van der Waals surface area contributed by atoms with Gasteiger partial charge >= 0.3 is 29.6 Å². The molecule has 1 heterocycles. The Morgan fingerprint density at radius 1 is 1.12 bits per heavy atom. The van der Waals surface area contributed by atoms with Gasteiger partial charge < -0.3 is 20.0 Å². The zero-order valence-corrected chi connectivity index (χ0v) is 16.9. The fourth-order valence-corrected chi connectivity index (χ4v) is 2.10. The number of carbonyl (C=O) groups excluding carboxylic acids is 2. The van der Waals surface area contributed by atoms with Crippen LogP contribution < -0.4 is 44.7 Å². The van der Waals surface area contributed by atoms with Crippen LogP contribution in [0.1, 0.15) is 29.7 Å². The Hall–Kier alpha value is -1.89. The van der Waals surface area contributed by atoms with Gasteiger partial charge in [0.15, 0.2) is 0 Å². The van der Waals surface area contributed by atoms with E-state index in [2.05, 4.69) is 10.3 Å². The fraction of sp³-hybridized carbons (Fsp3) is 0.278. The first-order chi connectivity index (χ1) is 11.4. The first-order valence-electron chi connectivity index (χ1n) is 7.58. The molecule has 1 aromatic carbocycles. The van der Waals surface area contributed by atoms with E-state index in [0.717, 1.165) is 16.9 Å². The minimum atomic E-state index is -1.25. The third-order valence-electron chi connectivity index (χ3n) is 3.66. The zero-order valence-electron chi connectivity index (χ0n) is 14.9. The molecule has 0 bridgehead atoms. The molecule has 25 heavy (non-hydrogen) atoms. The van der Waals surface area contributed by atoms with Crippen molar-refractivity contribution in [2.45, 2.75) is 33.6 Å². The number of hydrogen-bond acceptors (Lipinski definition) is 5. The average molecular weight is 350 g/mol. The number of benzene rings is 1. The number of carboxylic acid groups (broad SMARTS) is 1. The molecule has 6 nitrogen and oxygen atoms in total. The van der Waals surface area contributed by atoms with E-state index in [0.29, 0.717) is 17.3 Å². The van der Waals surface area contributed by atoms with Crippen molar-refractivity contribution >= 4 is 17.6 Å². The van der Waals surface area contributed by atoms with Crippen LogP contribution in [0.25, 0.3) is 0 Å². The molecule has 1 amide bonds. The van der Waals surface area contributed by atoms with Gasteiger partial charge in [-0.05, 0) is 50.5 Å². The van der Waals surface area contributed by atoms with Gasteiger partial charge in [-0.2, -0.15) is 0 Å². The molecule has 0 atom stereocenters. The Bertz CT molecular complexity index is 778. The Balaban J connectivity index is 0.00000312. The van der Waals surface area contributed by atoms with E-state index in [1.807, 2.05) is 32.0 Å². The number of ether oxygens (including phenoxy) is 1. The first-order valence-corrected chi connectivity index (χ1v) is 7.58. The van der Waals surface area contributed by atoms with Crippen molar-refractivity contribution in [3.8, 4) is 11.6 Å². The number of anilines is 1. The average Bonchev–Trinajstić information content (AvgIpc) is 2.52. The van der Waals surface area contributed by atoms with Gasteiger partial charge in [0.25, 0.3) is 0 Å². The molecule has 0 saturated heterocycles. The standard InChI is InChI=1S/C18H20N2O4.Na/c1-11-5-4-6-15(12(11)2)24-17-9-7-14(13(3)19-17)20-16(21)8-10-18(22)23;/h4-7,9H,8,10H2,1-3H3,(H,20,21)(H,22,23);/q;+1/p-1. The molecule has 1 aromatic heterocycles. The molecule has 0 aliphatic rings. The van der Waals surface area contributed by atoms with E-state index in [1.54, 1.807) is 19.1 Å². The molecule has 0 aliphatic heterocycles. The van der Waals surface area contributed by atoms with E-state index < -0.39 is 11.9 Å². The number of nitrogens with zero attached hydrogens (tertiary/aromatic N) is 1. The van der Waals surface area contributed by atoms with E-state index in [9.17, 15) is 14.7 Å². The maximum atomic E-state index is 11.7. The van der Waals surface area contributed by atoms with Crippen molar-refractivity contribution < 1.29 is 49.0 Å². The van der Waals surface area contributed by atoms with Crippen LogP contribution >= 0.6 is 0 Å². The minimum absolute atomic E-state index is 0. The Morgan fingerprint density at radius 2 is 1.84 bits per heavy atom. The first kappa shape index (κ1) is 21.2. The number of carbonyl (C=O) groups is 2. The summed E-state index contributed by atoms with van der Waals surface area (Å²) in [4.78, 5) is 26.4. The van der Waals surface area contributed by atoms with Gasteiger partial charge in [-0.3, -0.25) is 4.79 Å². The molecule has 0 saturated carbocycles. The summed E-state index contributed by atoms with van der Waals surface area (Å²) in [6.45, 7) is 5.72. The third-order valence-corrected chi connectivity index (χ3v) is 3.66. The second-order valence-electron chi connectivity index (χ2n) is 5.50. The maximum Gasteiger partial charge on any atom is 1.00 e. The van der Waals surface area contributed by atoms with Gasteiger partial charge in [0.05, 0.1) is 11.4 Å². The fourth-order valence-electron chi connectivity index (χ4n) is 2.10. The number of nitrogens with one attached hydrogen (secondary N) is 1. The smallest absolute Gasteiger partial charge is 0.550 e. The second kappa shape index (κ2) is 9.56. The predicted molar refractivity (Wildman–Crippen MR) is 87.8 cm³/mol. The summed E-state index contributed by atoms with van der Waals surface area (Å²) >= 11 is 0. The summed E-state index contributed by atoms with van der Waals surface area (Å²) in [5.41, 5.74) is 3.27. The number of carboxylic acids is 1. The quantitative estimate of drug-likeness (QED) is 0.694. The maximum absolute atomic E-state index is 11.7. The number of aryl methyl sites for hydroxylation is 2. The van der Waals surface area contributed by atoms with E-state index in [4.69, 9.17) is 4.74 Å². The molecule has 0 radical (unpaired) electrons. The summed E-state index contributed by atoms with van der Waals surface area (Å²) in [7, 11) is 0. The second-order valence-corrected chi connectivity index (χ2v) is 5.50. The number of amides is 1. The van der Waals surface area contributed by atoms with Gasteiger partial charge in [-0.15, -0.1) is 0 Å². The van der Waals surface area contributed by atoms with E-state index in [-0.39, 0.29) is 42.4 Å². The number of aliphatic carboxylic acids is 1. The molecule has 0 aliphatic carbocycles. The van der Waals surface area contributed by atoms with Crippen LogP contribution in [0.15, 0.2) is 30.3 Å². The number of aromatic nitrogens is 1. The molecular weight excluding hydrogens is 331 g/mol. The molecule has 0 fully saturated rings. The normalized spacial score (nSPS) is 9.88. The van der Waals surface area contributed by atoms with Crippen LogP contribution in [0.2, 0.25) is 0 Å². The van der Waals surface area contributed by atoms with Gasteiger partial charge in [-0.1, -0.05) is 12.1 Å². The minimum Gasteiger partial charge on any atom is -0.550 e. The van der Waals surface area contributed by atoms with E-state index >= 15 is 0 Å². The Morgan fingerprint density at radius 3 is 2.48 bits per heavy atom. The van der Waals surface area contributed by atoms with Crippen molar-refractivity contribution in [1.82, 2.24) is 4.98 Å². The molecule has 7 heteroatoms. The largest absolute Gasteiger partial charge is 1.00 e. The SMILES string of the molecule is Cc1cccc(Oc2ccc(NC(=O)CCC(=O)[O-])c(C)n2)c1C.[Na+]. The third kappa shape index (κ3) is 6.16. The van der Waals surface area contributed by atoms with Crippen LogP contribution in [0, 0.1) is 20.8 Å².